The number of hydrogen-bond donors (Lipinski definition) is 1. The predicted molar refractivity (Wildman–Crippen MR) is 194 cm³/mol. The Balaban J connectivity index is 0.000000174. The number of phenolic OH excluding ortho intramolecular Hbond substituents is 1. The first kappa shape index (κ1) is 33.8. The van der Waals surface area contributed by atoms with Crippen LogP contribution in [-0.2, 0) is 17.8 Å². The first-order valence-corrected chi connectivity index (χ1v) is 17.0. The number of fused-ring (bicyclic) bond motifs is 1. The molecule has 0 spiro atoms. The lowest BCUT2D eigenvalue weighted by Gasteiger charge is -2.36. The maximum Gasteiger partial charge on any atom is 0.374 e. The second-order valence-electron chi connectivity index (χ2n) is 12.4. The molecular formula is C40H44N4O5. The Bertz CT molecular complexity index is 1810. The van der Waals surface area contributed by atoms with Crippen LogP contribution in [0.5, 0.6) is 5.75 Å². The van der Waals surface area contributed by atoms with Gasteiger partial charge in [0, 0.05) is 82.2 Å². The largest absolute Gasteiger partial charge is 0.507 e. The summed E-state index contributed by atoms with van der Waals surface area (Å²) in [5, 5.41) is 10.5. The summed E-state index contributed by atoms with van der Waals surface area (Å²) in [4.78, 5) is 32.4. The van der Waals surface area contributed by atoms with Crippen LogP contribution in [0.15, 0.2) is 108 Å². The number of piperazine rings is 2. The van der Waals surface area contributed by atoms with Gasteiger partial charge in [0.25, 0.3) is 0 Å². The zero-order valence-electron chi connectivity index (χ0n) is 28.0. The van der Waals surface area contributed by atoms with E-state index in [9.17, 15) is 14.7 Å². The van der Waals surface area contributed by atoms with Crippen LogP contribution in [0.3, 0.4) is 0 Å². The molecular weight excluding hydrogens is 616 g/mol. The molecule has 2 aliphatic rings. The monoisotopic (exact) mass is 660 g/mol. The molecule has 0 aliphatic carbocycles. The highest BCUT2D eigenvalue weighted by Crippen LogP contribution is 2.27. The van der Waals surface area contributed by atoms with Crippen molar-refractivity contribution in [3.63, 3.8) is 0 Å². The number of carbonyl (C=O) groups excluding carboxylic acids is 2. The Hall–Kier alpha value is -5.12. The summed E-state index contributed by atoms with van der Waals surface area (Å²) >= 11 is 0. The minimum Gasteiger partial charge on any atom is -0.507 e. The highest BCUT2D eigenvalue weighted by Gasteiger charge is 2.20. The number of anilines is 2. The Kier molecular flexibility index (Phi) is 11.2. The minimum absolute atomic E-state index is 0.0430. The SMILES string of the molecule is CCOC(=O)c1cc2cc(N3CCN(Cc4ccccc4)CC3)ccc2o1.O=Cc1cc(N2CCN(Cc3ccccc3)CC2)ccc1O. The molecule has 254 valence electrons. The van der Waals surface area contributed by atoms with Gasteiger partial charge in [-0.1, -0.05) is 60.7 Å². The van der Waals surface area contributed by atoms with Crippen molar-refractivity contribution in [3.05, 3.63) is 126 Å². The van der Waals surface area contributed by atoms with Crippen LogP contribution < -0.4 is 9.80 Å². The van der Waals surface area contributed by atoms with Crippen LogP contribution in [0.4, 0.5) is 11.4 Å². The van der Waals surface area contributed by atoms with Crippen molar-refractivity contribution in [2.24, 2.45) is 0 Å². The average molecular weight is 661 g/mol. The molecule has 0 atom stereocenters. The van der Waals surface area contributed by atoms with Crippen molar-refractivity contribution in [1.29, 1.82) is 0 Å². The first-order valence-electron chi connectivity index (χ1n) is 17.0. The molecule has 1 aromatic heterocycles. The van der Waals surface area contributed by atoms with E-state index in [-0.39, 0.29) is 11.5 Å². The highest BCUT2D eigenvalue weighted by atomic mass is 16.5. The van der Waals surface area contributed by atoms with Gasteiger partial charge in [0.15, 0.2) is 6.29 Å². The number of phenols is 1. The third kappa shape index (κ3) is 8.87. The van der Waals surface area contributed by atoms with E-state index in [1.807, 2.05) is 18.2 Å². The van der Waals surface area contributed by atoms with E-state index in [2.05, 4.69) is 86.3 Å². The summed E-state index contributed by atoms with van der Waals surface area (Å²) < 4.78 is 10.6. The van der Waals surface area contributed by atoms with Crippen LogP contribution in [0.2, 0.25) is 0 Å². The lowest BCUT2D eigenvalue weighted by Crippen LogP contribution is -2.46. The molecule has 0 amide bonds. The second kappa shape index (κ2) is 16.3. The summed E-state index contributed by atoms with van der Waals surface area (Å²) in [6.07, 6.45) is 0.699. The van der Waals surface area contributed by atoms with Gasteiger partial charge < -0.3 is 24.1 Å². The van der Waals surface area contributed by atoms with Crippen molar-refractivity contribution in [1.82, 2.24) is 9.80 Å². The van der Waals surface area contributed by atoms with Gasteiger partial charge in [-0.25, -0.2) is 4.79 Å². The Morgan fingerprint density at radius 3 is 1.78 bits per heavy atom. The third-order valence-electron chi connectivity index (χ3n) is 9.09. The molecule has 49 heavy (non-hydrogen) atoms. The van der Waals surface area contributed by atoms with Gasteiger partial charge in [-0.15, -0.1) is 0 Å². The maximum atomic E-state index is 11.9. The highest BCUT2D eigenvalue weighted by molar-refractivity contribution is 5.93. The summed E-state index contributed by atoms with van der Waals surface area (Å²) in [7, 11) is 0. The predicted octanol–water partition coefficient (Wildman–Crippen LogP) is 6.46. The smallest absolute Gasteiger partial charge is 0.374 e. The fourth-order valence-electron chi connectivity index (χ4n) is 6.37. The molecule has 1 N–H and O–H groups in total. The van der Waals surface area contributed by atoms with Crippen LogP contribution in [0.1, 0.15) is 39.0 Å². The molecule has 2 saturated heterocycles. The van der Waals surface area contributed by atoms with Crippen LogP contribution in [0, 0.1) is 0 Å². The normalized spacial score (nSPS) is 15.4. The molecule has 0 bridgehead atoms. The van der Waals surface area contributed by atoms with Crippen molar-refractivity contribution >= 4 is 34.6 Å². The number of nitrogens with zero attached hydrogens (tertiary/aromatic N) is 4. The average Bonchev–Trinajstić information content (AvgIpc) is 3.58. The van der Waals surface area contributed by atoms with Crippen LogP contribution in [-0.4, -0.2) is 86.1 Å². The number of furan rings is 1. The zero-order valence-corrected chi connectivity index (χ0v) is 28.0. The number of aldehydes is 1. The Labute approximate surface area is 287 Å². The minimum atomic E-state index is -0.412. The molecule has 2 aliphatic heterocycles. The maximum absolute atomic E-state index is 11.9. The molecule has 2 fully saturated rings. The lowest BCUT2D eigenvalue weighted by molar-refractivity contribution is 0.0492. The summed E-state index contributed by atoms with van der Waals surface area (Å²) in [5.41, 5.74) is 5.92. The van der Waals surface area contributed by atoms with Crippen molar-refractivity contribution in [2.45, 2.75) is 20.0 Å². The number of ether oxygens (including phenoxy) is 1. The lowest BCUT2D eigenvalue weighted by atomic mass is 10.1. The standard InChI is InChI=1S/C22H24N2O3.C18H20N2O2/c1-2-26-22(25)21-15-18-14-19(8-9-20(18)27-21)24-12-10-23(11-13-24)16-17-6-4-3-5-7-17;21-14-16-12-17(6-7-18(16)22)20-10-8-19(9-11-20)13-15-4-2-1-3-5-15/h3-9,14-15H,2,10-13,16H2,1H3;1-7,12,14,22H,8-11,13H2. The van der Waals surface area contributed by atoms with Gasteiger partial charge >= 0.3 is 5.97 Å². The second-order valence-corrected chi connectivity index (χ2v) is 12.4. The van der Waals surface area contributed by atoms with Crippen LogP contribution in [0.25, 0.3) is 11.0 Å². The Morgan fingerprint density at radius 1 is 0.714 bits per heavy atom. The van der Waals surface area contributed by atoms with Gasteiger partial charge in [-0.3, -0.25) is 14.6 Å². The topological polar surface area (TPSA) is 89.7 Å². The van der Waals surface area contributed by atoms with Gasteiger partial charge in [0.1, 0.15) is 11.3 Å². The molecule has 3 heterocycles. The molecule has 0 radical (unpaired) electrons. The molecule has 4 aromatic carbocycles. The summed E-state index contributed by atoms with van der Waals surface area (Å²) in [6, 6.07) is 34.2. The fraction of sp³-hybridized carbons (Fsp3) is 0.300. The summed E-state index contributed by atoms with van der Waals surface area (Å²) in [6.45, 7) is 12.0. The van der Waals surface area contributed by atoms with E-state index in [4.69, 9.17) is 9.15 Å². The third-order valence-corrected chi connectivity index (χ3v) is 9.09. The number of esters is 1. The van der Waals surface area contributed by atoms with Gasteiger partial charge in [-0.2, -0.15) is 0 Å². The van der Waals surface area contributed by atoms with Crippen molar-refractivity contribution < 1.29 is 23.8 Å². The molecule has 9 nitrogen and oxygen atoms in total. The van der Waals surface area contributed by atoms with Gasteiger partial charge in [-0.05, 0) is 60.5 Å². The molecule has 7 rings (SSSR count). The molecule has 5 aromatic rings. The van der Waals surface area contributed by atoms with Crippen molar-refractivity contribution in [3.8, 4) is 5.75 Å². The number of carbonyl (C=O) groups is 2. The Morgan fingerprint density at radius 2 is 1.24 bits per heavy atom. The van der Waals surface area contributed by atoms with E-state index in [1.54, 1.807) is 25.1 Å². The van der Waals surface area contributed by atoms with E-state index in [1.165, 1.54) is 11.1 Å². The molecule has 0 unspecified atom stereocenters. The van der Waals surface area contributed by atoms with Crippen molar-refractivity contribution in [2.75, 3.05) is 68.8 Å². The number of benzene rings is 4. The number of rotatable bonds is 9. The van der Waals surface area contributed by atoms with Gasteiger partial charge in [0.05, 0.1) is 12.2 Å². The van der Waals surface area contributed by atoms with E-state index >= 15 is 0 Å². The molecule has 9 heteroatoms. The zero-order chi connectivity index (χ0) is 34.0. The van der Waals surface area contributed by atoms with E-state index < -0.39 is 5.97 Å². The number of aromatic hydroxyl groups is 1. The van der Waals surface area contributed by atoms with E-state index in [0.29, 0.717) is 24.0 Å². The quantitative estimate of drug-likeness (QED) is 0.141. The summed E-state index contributed by atoms with van der Waals surface area (Å²) in [5.74, 6) is -0.108. The van der Waals surface area contributed by atoms with Gasteiger partial charge in [0.2, 0.25) is 5.76 Å². The first-order chi connectivity index (χ1) is 24.0. The van der Waals surface area contributed by atoms with E-state index in [0.717, 1.165) is 82.2 Å². The number of hydrogen-bond acceptors (Lipinski definition) is 9. The molecule has 0 saturated carbocycles. The fourth-order valence-corrected chi connectivity index (χ4v) is 6.37. The van der Waals surface area contributed by atoms with Crippen LogP contribution >= 0.6 is 0 Å².